The van der Waals surface area contributed by atoms with Gasteiger partial charge in [-0.3, -0.25) is 0 Å². The average molecular weight is 394 g/mol. The van der Waals surface area contributed by atoms with Gasteiger partial charge in [-0.05, 0) is 47.7 Å². The molecular formula is C12H10Cl2IN3. The molecule has 1 aromatic carbocycles. The summed E-state index contributed by atoms with van der Waals surface area (Å²) in [4.78, 5) is 8.77. The number of nitrogens with zero attached hydrogens (tertiary/aromatic N) is 2. The minimum Gasteiger partial charge on any atom is -0.369 e. The number of aromatic nitrogens is 2. The zero-order chi connectivity index (χ0) is 13.1. The predicted molar refractivity (Wildman–Crippen MR) is 84.4 cm³/mol. The van der Waals surface area contributed by atoms with Crippen LogP contribution in [0.15, 0.2) is 24.4 Å². The van der Waals surface area contributed by atoms with E-state index in [1.807, 2.05) is 13.0 Å². The van der Waals surface area contributed by atoms with Crippen LogP contribution in [0.3, 0.4) is 0 Å². The molecule has 1 N–H and O–H groups in total. The van der Waals surface area contributed by atoms with Crippen LogP contribution in [0.1, 0.15) is 6.92 Å². The summed E-state index contributed by atoms with van der Waals surface area (Å²) >= 11 is 14.1. The molecule has 1 heterocycles. The van der Waals surface area contributed by atoms with Crippen molar-refractivity contribution in [2.45, 2.75) is 6.92 Å². The summed E-state index contributed by atoms with van der Waals surface area (Å²) in [5, 5.41) is 4.22. The molecule has 0 spiro atoms. The topological polar surface area (TPSA) is 37.8 Å². The van der Waals surface area contributed by atoms with Gasteiger partial charge in [0.1, 0.15) is 5.82 Å². The van der Waals surface area contributed by atoms with E-state index >= 15 is 0 Å². The van der Waals surface area contributed by atoms with E-state index in [2.05, 4.69) is 37.9 Å². The van der Waals surface area contributed by atoms with E-state index in [1.54, 1.807) is 18.3 Å². The molecule has 0 bridgehead atoms. The second kappa shape index (κ2) is 6.04. The lowest BCUT2D eigenvalue weighted by Crippen LogP contribution is -2.03. The lowest BCUT2D eigenvalue weighted by molar-refractivity contribution is 1.10. The summed E-state index contributed by atoms with van der Waals surface area (Å²) < 4.78 is 0.985. The zero-order valence-electron chi connectivity index (χ0n) is 9.54. The number of benzene rings is 1. The number of hydrogen-bond acceptors (Lipinski definition) is 3. The van der Waals surface area contributed by atoms with E-state index in [1.165, 1.54) is 0 Å². The van der Waals surface area contributed by atoms with E-state index in [9.17, 15) is 0 Å². The molecule has 0 amide bonds. The number of anilines is 1. The molecular weight excluding hydrogens is 384 g/mol. The minimum atomic E-state index is 0.501. The average Bonchev–Trinajstić information content (AvgIpc) is 2.36. The first-order chi connectivity index (χ1) is 8.61. The van der Waals surface area contributed by atoms with Crippen molar-refractivity contribution < 1.29 is 0 Å². The molecule has 2 aromatic rings. The molecule has 0 aliphatic heterocycles. The van der Waals surface area contributed by atoms with E-state index in [0.717, 1.165) is 21.5 Å². The van der Waals surface area contributed by atoms with Gasteiger partial charge >= 0.3 is 0 Å². The highest BCUT2D eigenvalue weighted by molar-refractivity contribution is 14.1. The van der Waals surface area contributed by atoms with Crippen LogP contribution >= 0.6 is 45.8 Å². The van der Waals surface area contributed by atoms with Crippen molar-refractivity contribution >= 4 is 51.6 Å². The van der Waals surface area contributed by atoms with E-state index < -0.39 is 0 Å². The number of rotatable bonds is 3. The first-order valence-corrected chi connectivity index (χ1v) is 7.17. The Balaban J connectivity index is 2.44. The summed E-state index contributed by atoms with van der Waals surface area (Å²) in [6, 6.07) is 5.36. The van der Waals surface area contributed by atoms with Gasteiger partial charge in [-0.25, -0.2) is 9.97 Å². The second-order valence-corrected chi connectivity index (χ2v) is 5.53. The number of halogens is 3. The molecule has 0 unspecified atom stereocenters. The van der Waals surface area contributed by atoms with Crippen LogP contribution in [0, 0.1) is 3.57 Å². The molecule has 0 atom stereocenters. The molecule has 0 aliphatic carbocycles. The van der Waals surface area contributed by atoms with Crippen molar-refractivity contribution in [1.82, 2.24) is 9.97 Å². The van der Waals surface area contributed by atoms with Crippen molar-refractivity contribution in [3.05, 3.63) is 38.0 Å². The molecule has 2 rings (SSSR count). The highest BCUT2D eigenvalue weighted by Gasteiger charge is 2.08. The van der Waals surface area contributed by atoms with Gasteiger partial charge in [0.2, 0.25) is 0 Å². The normalized spacial score (nSPS) is 10.4. The van der Waals surface area contributed by atoms with Crippen LogP contribution in [-0.4, -0.2) is 16.5 Å². The third-order valence-electron chi connectivity index (χ3n) is 2.27. The third-order valence-corrected chi connectivity index (χ3v) is 3.79. The van der Waals surface area contributed by atoms with Crippen molar-refractivity contribution in [3.8, 4) is 11.4 Å². The van der Waals surface area contributed by atoms with Crippen molar-refractivity contribution in [2.24, 2.45) is 0 Å². The fourth-order valence-electron chi connectivity index (χ4n) is 1.43. The maximum Gasteiger partial charge on any atom is 0.161 e. The molecule has 0 radical (unpaired) electrons. The molecule has 0 fully saturated rings. The molecule has 0 aliphatic rings. The highest BCUT2D eigenvalue weighted by Crippen LogP contribution is 2.27. The van der Waals surface area contributed by atoms with E-state index in [4.69, 9.17) is 23.2 Å². The third kappa shape index (κ3) is 3.05. The first kappa shape index (κ1) is 13.8. The number of hydrogen-bond donors (Lipinski definition) is 1. The lowest BCUT2D eigenvalue weighted by atomic mass is 10.2. The Bertz CT molecular complexity index is 575. The maximum absolute atomic E-state index is 5.99. The predicted octanol–water partition coefficient (Wildman–Crippen LogP) is 4.49. The fourth-order valence-corrected chi connectivity index (χ4v) is 2.18. The quantitative estimate of drug-likeness (QED) is 0.781. The molecule has 6 heteroatoms. The van der Waals surface area contributed by atoms with Gasteiger partial charge < -0.3 is 5.32 Å². The van der Waals surface area contributed by atoms with Crippen LogP contribution in [0.5, 0.6) is 0 Å². The van der Waals surface area contributed by atoms with Crippen molar-refractivity contribution in [1.29, 1.82) is 0 Å². The second-order valence-electron chi connectivity index (χ2n) is 3.55. The van der Waals surface area contributed by atoms with Gasteiger partial charge in [0.25, 0.3) is 0 Å². The Morgan fingerprint density at radius 1 is 1.28 bits per heavy atom. The van der Waals surface area contributed by atoms with Crippen molar-refractivity contribution in [3.63, 3.8) is 0 Å². The van der Waals surface area contributed by atoms with Gasteiger partial charge in [0.15, 0.2) is 5.82 Å². The van der Waals surface area contributed by atoms with Gasteiger partial charge in [-0.2, -0.15) is 0 Å². The molecule has 1 aromatic heterocycles. The molecule has 0 saturated heterocycles. The summed E-state index contributed by atoms with van der Waals surface area (Å²) in [5.74, 6) is 1.46. The molecule has 3 nitrogen and oxygen atoms in total. The molecule has 94 valence electrons. The van der Waals surface area contributed by atoms with Gasteiger partial charge in [-0.1, -0.05) is 23.2 Å². The van der Waals surface area contributed by atoms with Crippen LogP contribution in [0.2, 0.25) is 10.0 Å². The summed E-state index contributed by atoms with van der Waals surface area (Å²) in [6.45, 7) is 2.84. The van der Waals surface area contributed by atoms with Gasteiger partial charge in [0.05, 0.1) is 13.6 Å². The van der Waals surface area contributed by atoms with E-state index in [0.29, 0.717) is 15.9 Å². The highest BCUT2D eigenvalue weighted by atomic mass is 127. The van der Waals surface area contributed by atoms with Crippen molar-refractivity contribution in [2.75, 3.05) is 11.9 Å². The lowest BCUT2D eigenvalue weighted by Gasteiger charge is -2.07. The van der Waals surface area contributed by atoms with Crippen LogP contribution in [0.25, 0.3) is 11.4 Å². The Morgan fingerprint density at radius 2 is 2.06 bits per heavy atom. The van der Waals surface area contributed by atoms with Crippen LogP contribution in [-0.2, 0) is 0 Å². The monoisotopic (exact) mass is 393 g/mol. The zero-order valence-corrected chi connectivity index (χ0v) is 13.2. The Kier molecular flexibility index (Phi) is 4.64. The smallest absolute Gasteiger partial charge is 0.161 e. The van der Waals surface area contributed by atoms with Gasteiger partial charge in [-0.15, -0.1) is 0 Å². The van der Waals surface area contributed by atoms with Crippen LogP contribution in [0.4, 0.5) is 5.82 Å². The largest absolute Gasteiger partial charge is 0.369 e. The summed E-state index contributed by atoms with van der Waals surface area (Å²) in [5.41, 5.74) is 0.847. The molecule has 18 heavy (non-hydrogen) atoms. The summed E-state index contributed by atoms with van der Waals surface area (Å²) in [6.07, 6.45) is 1.78. The van der Waals surface area contributed by atoms with Crippen LogP contribution < -0.4 is 5.32 Å². The van der Waals surface area contributed by atoms with E-state index in [-0.39, 0.29) is 0 Å². The minimum absolute atomic E-state index is 0.501. The number of nitrogens with one attached hydrogen (secondary N) is 1. The standard InChI is InChI=1S/C12H10Cl2IN3/c1-2-16-12-10(15)6-17-11(18-12)7-3-4-8(13)9(14)5-7/h3-6H,2H2,1H3,(H,16,17,18). The Hall–Kier alpha value is -0.590. The Labute approximate surface area is 129 Å². The fraction of sp³-hybridized carbons (Fsp3) is 0.167. The maximum atomic E-state index is 5.99. The van der Waals surface area contributed by atoms with Gasteiger partial charge in [0, 0.05) is 18.3 Å². The Morgan fingerprint density at radius 3 is 2.72 bits per heavy atom. The summed E-state index contributed by atoms with van der Waals surface area (Å²) in [7, 11) is 0. The molecule has 0 saturated carbocycles. The SMILES string of the molecule is CCNc1nc(-c2ccc(Cl)c(Cl)c2)ncc1I. The first-order valence-electron chi connectivity index (χ1n) is 5.33.